The molecule has 2 aromatic carbocycles. The number of likely N-dealkylation sites (tertiary alicyclic amines) is 1. The Morgan fingerprint density at radius 1 is 1.17 bits per heavy atom. The van der Waals surface area contributed by atoms with Crippen LogP contribution >= 0.6 is 0 Å². The van der Waals surface area contributed by atoms with Crippen molar-refractivity contribution in [3.8, 4) is 17.1 Å². The number of rotatable bonds is 7. The molecule has 1 saturated heterocycles. The average molecular weight is 472 g/mol. The van der Waals surface area contributed by atoms with Gasteiger partial charge in [-0.3, -0.25) is 4.57 Å². The van der Waals surface area contributed by atoms with Crippen molar-refractivity contribution in [2.75, 3.05) is 26.7 Å². The molecule has 1 N–H and O–H groups in total. The van der Waals surface area contributed by atoms with Crippen molar-refractivity contribution in [1.29, 1.82) is 0 Å². The number of nitrogens with zero attached hydrogens (tertiary/aromatic N) is 4. The van der Waals surface area contributed by atoms with Gasteiger partial charge in [-0.25, -0.2) is 14.8 Å². The Balaban J connectivity index is 1.40. The molecule has 1 unspecified atom stereocenters. The highest BCUT2D eigenvalue weighted by atomic mass is 16.5. The Bertz CT molecular complexity index is 1370. The SMILES string of the molecule is CC(C)c1ccccc1-c1ncc2[nH]c(=O)n(Cc3cccc(OCC4CCCN(C)C4)c3)c2n1. The van der Waals surface area contributed by atoms with Gasteiger partial charge in [-0.15, -0.1) is 0 Å². The third-order valence-corrected chi connectivity index (χ3v) is 6.78. The fourth-order valence-corrected chi connectivity index (χ4v) is 4.97. The minimum absolute atomic E-state index is 0.194. The quantitative estimate of drug-likeness (QED) is 0.424. The molecule has 1 aliphatic heterocycles. The molecule has 7 heteroatoms. The highest BCUT2D eigenvalue weighted by Gasteiger charge is 2.18. The van der Waals surface area contributed by atoms with E-state index in [4.69, 9.17) is 9.72 Å². The summed E-state index contributed by atoms with van der Waals surface area (Å²) in [4.78, 5) is 27.5. The summed E-state index contributed by atoms with van der Waals surface area (Å²) >= 11 is 0. The second kappa shape index (κ2) is 10.0. The molecule has 1 atom stereocenters. The Morgan fingerprint density at radius 3 is 2.86 bits per heavy atom. The van der Waals surface area contributed by atoms with Gasteiger partial charge in [-0.05, 0) is 55.6 Å². The van der Waals surface area contributed by atoms with Crippen LogP contribution < -0.4 is 10.4 Å². The first-order valence-corrected chi connectivity index (χ1v) is 12.4. The van der Waals surface area contributed by atoms with Crippen LogP contribution in [0.5, 0.6) is 5.75 Å². The van der Waals surface area contributed by atoms with E-state index in [0.717, 1.165) is 23.4 Å². The average Bonchev–Trinajstić information content (AvgIpc) is 3.17. The summed E-state index contributed by atoms with van der Waals surface area (Å²) in [5.41, 5.74) is 4.22. The van der Waals surface area contributed by atoms with Crippen molar-refractivity contribution < 1.29 is 4.74 Å². The zero-order valence-corrected chi connectivity index (χ0v) is 20.7. The Labute approximate surface area is 205 Å². The van der Waals surface area contributed by atoms with Gasteiger partial charge in [0.2, 0.25) is 0 Å². The largest absolute Gasteiger partial charge is 0.493 e. The Kier molecular flexibility index (Phi) is 6.68. The molecule has 7 nitrogen and oxygen atoms in total. The molecule has 0 radical (unpaired) electrons. The van der Waals surface area contributed by atoms with Gasteiger partial charge in [-0.1, -0.05) is 50.2 Å². The van der Waals surface area contributed by atoms with Gasteiger partial charge in [0, 0.05) is 18.0 Å². The molecule has 0 saturated carbocycles. The van der Waals surface area contributed by atoms with Gasteiger partial charge in [0.15, 0.2) is 11.5 Å². The third kappa shape index (κ3) is 5.15. The number of hydrogen-bond acceptors (Lipinski definition) is 5. The van der Waals surface area contributed by atoms with Crippen molar-refractivity contribution in [2.45, 2.75) is 39.2 Å². The van der Waals surface area contributed by atoms with Gasteiger partial charge in [0.1, 0.15) is 11.3 Å². The highest BCUT2D eigenvalue weighted by molar-refractivity contribution is 5.73. The summed E-state index contributed by atoms with van der Waals surface area (Å²) in [5.74, 6) is 2.36. The van der Waals surface area contributed by atoms with Gasteiger partial charge in [0.05, 0.1) is 19.3 Å². The molecule has 35 heavy (non-hydrogen) atoms. The van der Waals surface area contributed by atoms with Crippen molar-refractivity contribution in [1.82, 2.24) is 24.4 Å². The highest BCUT2D eigenvalue weighted by Crippen LogP contribution is 2.27. The molecule has 3 heterocycles. The number of H-pyrrole nitrogens is 1. The summed E-state index contributed by atoms with van der Waals surface area (Å²) in [7, 11) is 2.17. The summed E-state index contributed by atoms with van der Waals surface area (Å²) in [6, 6.07) is 16.2. The molecule has 2 aromatic heterocycles. The Morgan fingerprint density at radius 2 is 2.03 bits per heavy atom. The minimum Gasteiger partial charge on any atom is -0.493 e. The molecule has 0 aliphatic carbocycles. The normalized spacial score (nSPS) is 16.7. The van der Waals surface area contributed by atoms with E-state index in [1.54, 1.807) is 10.8 Å². The predicted octanol–water partition coefficient (Wildman–Crippen LogP) is 4.68. The lowest BCUT2D eigenvalue weighted by molar-refractivity contribution is 0.150. The minimum atomic E-state index is -0.194. The number of fused-ring (bicyclic) bond motifs is 1. The van der Waals surface area contributed by atoms with Crippen molar-refractivity contribution >= 4 is 11.2 Å². The maximum Gasteiger partial charge on any atom is 0.328 e. The summed E-state index contributed by atoms with van der Waals surface area (Å²) in [5, 5.41) is 0. The van der Waals surface area contributed by atoms with Crippen LogP contribution in [0.4, 0.5) is 0 Å². The molecule has 4 aromatic rings. The molecule has 0 spiro atoms. The van der Waals surface area contributed by atoms with Crippen LogP contribution in [0.1, 0.15) is 43.7 Å². The first-order valence-electron chi connectivity index (χ1n) is 12.4. The number of piperidine rings is 1. The van der Waals surface area contributed by atoms with Crippen LogP contribution in [0.3, 0.4) is 0 Å². The summed E-state index contributed by atoms with van der Waals surface area (Å²) in [6.07, 6.45) is 4.13. The lowest BCUT2D eigenvalue weighted by Gasteiger charge is -2.29. The smallest absolute Gasteiger partial charge is 0.328 e. The van der Waals surface area contributed by atoms with E-state index >= 15 is 0 Å². The van der Waals surface area contributed by atoms with E-state index in [1.807, 2.05) is 42.5 Å². The molecular weight excluding hydrogens is 438 g/mol. The standard InChI is InChI=1S/C28H33N5O2/c1-19(2)23-11-4-5-12-24(23)26-29-15-25-27(31-26)33(28(34)30-25)17-20-8-6-10-22(14-20)35-18-21-9-7-13-32(3)16-21/h4-6,8,10-12,14-15,19,21H,7,9,13,16-18H2,1-3H3,(H,30,34). The van der Waals surface area contributed by atoms with Crippen molar-refractivity contribution in [2.24, 2.45) is 5.92 Å². The molecule has 0 amide bonds. The molecule has 0 bridgehead atoms. The monoisotopic (exact) mass is 471 g/mol. The number of aromatic amines is 1. The van der Waals surface area contributed by atoms with Gasteiger partial charge < -0.3 is 14.6 Å². The van der Waals surface area contributed by atoms with Crippen LogP contribution in [0.25, 0.3) is 22.6 Å². The second-order valence-electron chi connectivity index (χ2n) is 9.92. The van der Waals surface area contributed by atoms with Crippen LogP contribution in [0.2, 0.25) is 0 Å². The van der Waals surface area contributed by atoms with E-state index < -0.39 is 0 Å². The molecular formula is C28H33N5O2. The van der Waals surface area contributed by atoms with E-state index in [1.165, 1.54) is 24.9 Å². The van der Waals surface area contributed by atoms with Gasteiger partial charge in [0.25, 0.3) is 0 Å². The zero-order valence-electron chi connectivity index (χ0n) is 20.7. The first-order chi connectivity index (χ1) is 17.0. The van der Waals surface area contributed by atoms with Crippen LogP contribution in [0.15, 0.2) is 59.5 Å². The molecule has 1 fully saturated rings. The fraction of sp³-hybridized carbons (Fsp3) is 0.393. The number of nitrogens with one attached hydrogen (secondary N) is 1. The van der Waals surface area contributed by atoms with E-state index in [2.05, 4.69) is 41.8 Å². The van der Waals surface area contributed by atoms with E-state index in [-0.39, 0.29) is 5.69 Å². The number of imidazole rings is 1. The van der Waals surface area contributed by atoms with Gasteiger partial charge in [-0.2, -0.15) is 0 Å². The Hall–Kier alpha value is -3.45. The van der Waals surface area contributed by atoms with Crippen LogP contribution in [-0.4, -0.2) is 51.2 Å². The first kappa shape index (κ1) is 23.3. The lowest BCUT2D eigenvalue weighted by Crippen LogP contribution is -2.34. The second-order valence-corrected chi connectivity index (χ2v) is 9.92. The van der Waals surface area contributed by atoms with E-state index in [0.29, 0.717) is 42.0 Å². The van der Waals surface area contributed by atoms with E-state index in [9.17, 15) is 4.79 Å². The van der Waals surface area contributed by atoms with Crippen molar-refractivity contribution in [3.05, 3.63) is 76.3 Å². The summed E-state index contributed by atoms with van der Waals surface area (Å²) < 4.78 is 7.81. The number of ether oxygens (including phenoxy) is 1. The van der Waals surface area contributed by atoms with Gasteiger partial charge >= 0.3 is 5.69 Å². The van der Waals surface area contributed by atoms with Crippen molar-refractivity contribution in [3.63, 3.8) is 0 Å². The fourth-order valence-electron chi connectivity index (χ4n) is 4.97. The number of hydrogen-bond donors (Lipinski definition) is 1. The maximum atomic E-state index is 12.8. The van der Waals surface area contributed by atoms with Crippen LogP contribution in [0, 0.1) is 5.92 Å². The van der Waals surface area contributed by atoms with Crippen LogP contribution in [-0.2, 0) is 6.54 Å². The topological polar surface area (TPSA) is 76.0 Å². The molecule has 1 aliphatic rings. The molecule has 5 rings (SSSR count). The lowest BCUT2D eigenvalue weighted by atomic mass is 9.97. The molecule has 182 valence electrons. The number of benzene rings is 2. The predicted molar refractivity (Wildman–Crippen MR) is 139 cm³/mol. The summed E-state index contributed by atoms with van der Waals surface area (Å²) in [6.45, 7) is 7.68. The number of aromatic nitrogens is 4. The maximum absolute atomic E-state index is 12.8. The third-order valence-electron chi connectivity index (χ3n) is 6.78. The zero-order chi connectivity index (χ0) is 24.4.